The van der Waals surface area contributed by atoms with Crippen LogP contribution in [-0.2, 0) is 4.79 Å². The minimum absolute atomic E-state index is 0.194. The van der Waals surface area contributed by atoms with Crippen molar-refractivity contribution in [3.05, 3.63) is 58.4 Å². The second-order valence-electron chi connectivity index (χ2n) is 4.78. The van der Waals surface area contributed by atoms with Crippen molar-refractivity contribution in [2.24, 2.45) is 0 Å². The number of carbonyl (C=O) groups is 1. The summed E-state index contributed by atoms with van der Waals surface area (Å²) in [5, 5.41) is 6.02. The fraction of sp³-hybridized carbons (Fsp3) is 0.133. The van der Waals surface area contributed by atoms with Gasteiger partial charge in [0.1, 0.15) is 11.9 Å². The zero-order valence-corrected chi connectivity index (χ0v) is 11.5. The van der Waals surface area contributed by atoms with Gasteiger partial charge >= 0.3 is 0 Å². The first-order chi connectivity index (χ1) is 9.54. The fourth-order valence-corrected chi connectivity index (χ4v) is 2.45. The molecule has 2 N–H and O–H groups in total. The molecule has 0 fully saturated rings. The van der Waals surface area contributed by atoms with Gasteiger partial charge in [-0.1, -0.05) is 29.3 Å². The lowest BCUT2D eigenvalue weighted by atomic mass is 10.1. The van der Waals surface area contributed by atoms with Crippen LogP contribution in [0.2, 0.25) is 5.02 Å². The molecule has 0 aliphatic carbocycles. The van der Waals surface area contributed by atoms with Crippen molar-refractivity contribution in [3.8, 4) is 0 Å². The number of hydrogen-bond acceptors (Lipinski definition) is 2. The zero-order valence-electron chi connectivity index (χ0n) is 10.7. The van der Waals surface area contributed by atoms with Crippen molar-refractivity contribution in [2.75, 3.05) is 10.6 Å². The molecule has 102 valence electrons. The number of nitrogens with one attached hydrogen (secondary N) is 2. The van der Waals surface area contributed by atoms with Crippen molar-refractivity contribution < 1.29 is 9.18 Å². The van der Waals surface area contributed by atoms with E-state index in [9.17, 15) is 9.18 Å². The Morgan fingerprint density at radius 3 is 2.80 bits per heavy atom. The standard InChI is InChI=1S/C15H12ClFN2O/c1-8-2-4-12-10(6-8)14(15(20)19-12)18-13-5-3-9(16)7-11(13)17/h2-7,14,18H,1H3,(H,19,20). The molecule has 0 saturated carbocycles. The van der Waals surface area contributed by atoms with Crippen LogP contribution in [0.15, 0.2) is 36.4 Å². The molecule has 3 nitrogen and oxygen atoms in total. The van der Waals surface area contributed by atoms with Gasteiger partial charge in [-0.25, -0.2) is 4.39 Å². The Morgan fingerprint density at radius 2 is 2.05 bits per heavy atom. The van der Waals surface area contributed by atoms with Crippen LogP contribution in [0.25, 0.3) is 0 Å². The Hall–Kier alpha value is -2.07. The van der Waals surface area contributed by atoms with E-state index in [0.29, 0.717) is 5.02 Å². The molecule has 0 saturated heterocycles. The topological polar surface area (TPSA) is 41.1 Å². The Morgan fingerprint density at radius 1 is 1.25 bits per heavy atom. The highest BCUT2D eigenvalue weighted by atomic mass is 35.5. The number of benzene rings is 2. The van der Waals surface area contributed by atoms with E-state index in [0.717, 1.165) is 16.8 Å². The van der Waals surface area contributed by atoms with Crippen LogP contribution in [0.3, 0.4) is 0 Å². The summed E-state index contributed by atoms with van der Waals surface area (Å²) in [5.74, 6) is -0.675. The van der Waals surface area contributed by atoms with Crippen LogP contribution in [-0.4, -0.2) is 5.91 Å². The Labute approximate surface area is 120 Å². The van der Waals surface area contributed by atoms with E-state index < -0.39 is 11.9 Å². The van der Waals surface area contributed by atoms with Crippen molar-refractivity contribution in [2.45, 2.75) is 13.0 Å². The number of fused-ring (bicyclic) bond motifs is 1. The average Bonchev–Trinajstić information content (AvgIpc) is 2.69. The van der Waals surface area contributed by atoms with Gasteiger partial charge < -0.3 is 10.6 Å². The predicted octanol–water partition coefficient (Wildman–Crippen LogP) is 3.89. The lowest BCUT2D eigenvalue weighted by Gasteiger charge is -2.14. The first-order valence-corrected chi connectivity index (χ1v) is 6.55. The SMILES string of the molecule is Cc1ccc2c(c1)C(Nc1ccc(Cl)cc1F)C(=O)N2. The Balaban J connectivity index is 1.95. The predicted molar refractivity (Wildman–Crippen MR) is 77.6 cm³/mol. The van der Waals surface area contributed by atoms with E-state index in [4.69, 9.17) is 11.6 Å². The third-order valence-corrected chi connectivity index (χ3v) is 3.50. The van der Waals surface area contributed by atoms with Gasteiger partial charge in [0.2, 0.25) is 0 Å². The molecule has 0 spiro atoms. The lowest BCUT2D eigenvalue weighted by Crippen LogP contribution is -2.20. The van der Waals surface area contributed by atoms with E-state index in [1.807, 2.05) is 25.1 Å². The number of hydrogen-bond donors (Lipinski definition) is 2. The number of aryl methyl sites for hydroxylation is 1. The molecular formula is C15H12ClFN2O. The van der Waals surface area contributed by atoms with Gasteiger partial charge in [0, 0.05) is 16.3 Å². The quantitative estimate of drug-likeness (QED) is 0.881. The van der Waals surface area contributed by atoms with Gasteiger partial charge in [-0.3, -0.25) is 4.79 Å². The highest BCUT2D eigenvalue weighted by Crippen LogP contribution is 2.34. The van der Waals surface area contributed by atoms with Gasteiger partial charge in [0.15, 0.2) is 0 Å². The third kappa shape index (κ3) is 2.23. The molecule has 2 aromatic carbocycles. The van der Waals surface area contributed by atoms with Gasteiger partial charge in [0.25, 0.3) is 5.91 Å². The lowest BCUT2D eigenvalue weighted by molar-refractivity contribution is -0.116. The van der Waals surface area contributed by atoms with Gasteiger partial charge in [-0.05, 0) is 31.2 Å². The van der Waals surface area contributed by atoms with E-state index >= 15 is 0 Å². The molecule has 0 radical (unpaired) electrons. The first-order valence-electron chi connectivity index (χ1n) is 6.17. The van der Waals surface area contributed by atoms with Crippen LogP contribution in [0, 0.1) is 12.7 Å². The van der Waals surface area contributed by atoms with Gasteiger partial charge in [-0.15, -0.1) is 0 Å². The Bertz CT molecular complexity index is 702. The highest BCUT2D eigenvalue weighted by Gasteiger charge is 2.30. The monoisotopic (exact) mass is 290 g/mol. The number of anilines is 2. The maximum absolute atomic E-state index is 13.8. The largest absolute Gasteiger partial charge is 0.368 e. The fourth-order valence-electron chi connectivity index (χ4n) is 2.29. The number of carbonyl (C=O) groups excluding carboxylic acids is 1. The Kier molecular flexibility index (Phi) is 3.10. The van der Waals surface area contributed by atoms with Crippen molar-refractivity contribution in [1.29, 1.82) is 0 Å². The maximum Gasteiger partial charge on any atom is 0.251 e. The summed E-state index contributed by atoms with van der Waals surface area (Å²) >= 11 is 5.72. The second kappa shape index (κ2) is 4.80. The molecule has 1 aliphatic heterocycles. The van der Waals surface area contributed by atoms with Gasteiger partial charge in [-0.2, -0.15) is 0 Å². The molecule has 2 aromatic rings. The molecule has 1 aliphatic rings. The second-order valence-corrected chi connectivity index (χ2v) is 5.22. The summed E-state index contributed by atoms with van der Waals surface area (Å²) in [7, 11) is 0. The molecule has 0 aromatic heterocycles. The van der Waals surface area contributed by atoms with Crippen molar-refractivity contribution >= 4 is 28.9 Å². The summed E-state index contributed by atoms with van der Waals surface area (Å²) in [6, 6.07) is 9.41. The van der Waals surface area contributed by atoms with E-state index in [2.05, 4.69) is 10.6 Å². The number of rotatable bonds is 2. The number of amides is 1. The van der Waals surface area contributed by atoms with Crippen LogP contribution in [0.1, 0.15) is 17.2 Å². The van der Waals surface area contributed by atoms with Crippen molar-refractivity contribution in [3.63, 3.8) is 0 Å². The number of halogens is 2. The smallest absolute Gasteiger partial charge is 0.251 e. The minimum Gasteiger partial charge on any atom is -0.368 e. The molecule has 1 atom stereocenters. The minimum atomic E-state index is -0.597. The summed E-state index contributed by atoms with van der Waals surface area (Å²) in [4.78, 5) is 12.0. The van der Waals surface area contributed by atoms with Crippen molar-refractivity contribution in [1.82, 2.24) is 0 Å². The summed E-state index contributed by atoms with van der Waals surface area (Å²) < 4.78 is 13.8. The maximum atomic E-state index is 13.8. The summed E-state index contributed by atoms with van der Waals surface area (Å²) in [5.41, 5.74) is 2.88. The summed E-state index contributed by atoms with van der Waals surface area (Å²) in [6.45, 7) is 1.95. The van der Waals surface area contributed by atoms with Gasteiger partial charge in [0.05, 0.1) is 5.69 Å². The normalized spacial score (nSPS) is 16.8. The van der Waals surface area contributed by atoms with E-state index in [1.165, 1.54) is 12.1 Å². The first kappa shape index (κ1) is 12.9. The molecule has 1 heterocycles. The van der Waals surface area contributed by atoms with E-state index in [1.54, 1.807) is 6.07 Å². The molecule has 1 amide bonds. The molecule has 1 unspecified atom stereocenters. The third-order valence-electron chi connectivity index (χ3n) is 3.27. The molecule has 5 heteroatoms. The zero-order chi connectivity index (χ0) is 14.3. The molecule has 0 bridgehead atoms. The highest BCUT2D eigenvalue weighted by molar-refractivity contribution is 6.30. The molecule has 3 rings (SSSR count). The van der Waals surface area contributed by atoms with E-state index in [-0.39, 0.29) is 11.6 Å². The van der Waals surface area contributed by atoms with Crippen LogP contribution < -0.4 is 10.6 Å². The average molecular weight is 291 g/mol. The molecule has 20 heavy (non-hydrogen) atoms. The summed E-state index contributed by atoms with van der Waals surface area (Å²) in [6.07, 6.45) is 0. The molecular weight excluding hydrogens is 279 g/mol. The van der Waals surface area contributed by atoms with Crippen LogP contribution >= 0.6 is 11.6 Å². The van der Waals surface area contributed by atoms with Crippen LogP contribution in [0.5, 0.6) is 0 Å². The van der Waals surface area contributed by atoms with Crippen LogP contribution in [0.4, 0.5) is 15.8 Å².